The summed E-state index contributed by atoms with van der Waals surface area (Å²) in [4.78, 5) is 16.3. The highest BCUT2D eigenvalue weighted by molar-refractivity contribution is 9.10. The summed E-state index contributed by atoms with van der Waals surface area (Å²) in [6.45, 7) is 9.49. The Kier molecular flexibility index (Phi) is 5.48. The van der Waals surface area contributed by atoms with Gasteiger partial charge in [0.15, 0.2) is 0 Å². The summed E-state index contributed by atoms with van der Waals surface area (Å²) in [6.07, 6.45) is 1.60. The van der Waals surface area contributed by atoms with Crippen LogP contribution in [0.3, 0.4) is 0 Å². The minimum atomic E-state index is -1.13. The second-order valence-electron chi connectivity index (χ2n) is 6.47. The number of halogens is 2. The number of hydrogen-bond acceptors (Lipinski definition) is 3. The van der Waals surface area contributed by atoms with Crippen LogP contribution in [0.15, 0.2) is 16.7 Å². The largest absolute Gasteiger partial charge is 0.375 e. The van der Waals surface area contributed by atoms with Crippen LogP contribution in [0.4, 0.5) is 0 Å². The Morgan fingerprint density at radius 2 is 2.14 bits per heavy atom. The molecular weight excluding hydrogens is 384 g/mol. The first-order valence-electron chi connectivity index (χ1n) is 7.14. The van der Waals surface area contributed by atoms with Gasteiger partial charge in [-0.3, -0.25) is 9.36 Å². The van der Waals surface area contributed by atoms with Gasteiger partial charge in [0, 0.05) is 27.8 Å². The lowest BCUT2D eigenvalue weighted by molar-refractivity contribution is 0.0910. The molecule has 0 N–H and O–H groups in total. The molecule has 0 unspecified atom stereocenters. The molecule has 0 saturated heterocycles. The quantitative estimate of drug-likeness (QED) is 0.523. The van der Waals surface area contributed by atoms with Crippen LogP contribution in [0, 0.1) is 0 Å². The van der Waals surface area contributed by atoms with Gasteiger partial charge in [0.1, 0.15) is 5.65 Å². The van der Waals surface area contributed by atoms with E-state index in [1.54, 1.807) is 16.8 Å². The Morgan fingerprint density at radius 1 is 1.45 bits per heavy atom. The first-order valence-corrected chi connectivity index (χ1v) is 12.0. The molecule has 22 heavy (non-hydrogen) atoms. The maximum Gasteiger partial charge on any atom is 0.229 e. The van der Waals surface area contributed by atoms with E-state index in [4.69, 9.17) is 16.3 Å². The van der Waals surface area contributed by atoms with E-state index < -0.39 is 8.07 Å². The molecule has 2 heterocycles. The fourth-order valence-electron chi connectivity index (χ4n) is 2.19. The molecule has 120 valence electrons. The van der Waals surface area contributed by atoms with Crippen molar-refractivity contribution in [1.29, 1.82) is 0 Å². The van der Waals surface area contributed by atoms with Crippen LogP contribution in [0.1, 0.15) is 17.4 Å². The van der Waals surface area contributed by atoms with E-state index in [-0.39, 0.29) is 5.91 Å². The summed E-state index contributed by atoms with van der Waals surface area (Å²) in [6, 6.07) is 2.80. The zero-order valence-corrected chi connectivity index (χ0v) is 16.6. The number of nitrogens with zero attached hydrogens (tertiary/aromatic N) is 2. The van der Waals surface area contributed by atoms with Crippen LogP contribution in [0.2, 0.25) is 30.7 Å². The van der Waals surface area contributed by atoms with Gasteiger partial charge >= 0.3 is 0 Å². The highest BCUT2D eigenvalue weighted by atomic mass is 79.9. The normalized spacial score (nSPS) is 12.1. The maximum absolute atomic E-state index is 12.0. The third-order valence-electron chi connectivity index (χ3n) is 3.38. The second-order valence-corrected chi connectivity index (χ2v) is 13.3. The highest BCUT2D eigenvalue weighted by Crippen LogP contribution is 2.35. The molecule has 0 radical (unpaired) electrons. The Labute approximate surface area is 144 Å². The first kappa shape index (κ1) is 17.7. The third-order valence-corrected chi connectivity index (χ3v) is 6.26. The molecule has 0 atom stereocenters. The van der Waals surface area contributed by atoms with E-state index in [1.165, 1.54) is 6.92 Å². The predicted molar refractivity (Wildman–Crippen MR) is 96.6 cm³/mol. The average Bonchev–Trinajstić information content (AvgIpc) is 2.68. The smallest absolute Gasteiger partial charge is 0.229 e. The van der Waals surface area contributed by atoms with Crippen LogP contribution in [-0.2, 0) is 11.3 Å². The van der Waals surface area contributed by atoms with E-state index in [0.717, 1.165) is 21.6 Å². The van der Waals surface area contributed by atoms with Crippen molar-refractivity contribution in [2.45, 2.75) is 39.2 Å². The zero-order valence-electron chi connectivity index (χ0n) is 13.2. The van der Waals surface area contributed by atoms with E-state index in [1.807, 2.05) is 0 Å². The topological polar surface area (TPSA) is 44.1 Å². The van der Waals surface area contributed by atoms with Gasteiger partial charge in [-0.15, -0.1) is 0 Å². The Bertz CT molecular complexity index is 710. The summed E-state index contributed by atoms with van der Waals surface area (Å²) in [5.41, 5.74) is 1.33. The molecule has 0 bridgehead atoms. The van der Waals surface area contributed by atoms with Gasteiger partial charge in [-0.2, -0.15) is 0 Å². The van der Waals surface area contributed by atoms with Crippen LogP contribution >= 0.6 is 27.5 Å². The van der Waals surface area contributed by atoms with Crippen LogP contribution in [0.25, 0.3) is 11.0 Å². The molecule has 0 amide bonds. The molecule has 4 nitrogen and oxygen atoms in total. The van der Waals surface area contributed by atoms with Gasteiger partial charge in [-0.1, -0.05) is 31.2 Å². The van der Waals surface area contributed by atoms with E-state index >= 15 is 0 Å². The fourth-order valence-corrected chi connectivity index (χ4v) is 3.97. The van der Waals surface area contributed by atoms with Crippen molar-refractivity contribution in [3.05, 3.63) is 27.5 Å². The Balaban J connectivity index is 2.33. The number of carbonyl (C=O) groups excluding carboxylic acids is 1. The summed E-state index contributed by atoms with van der Waals surface area (Å²) in [5, 5.41) is 1.32. The molecule has 0 aliphatic heterocycles. The van der Waals surface area contributed by atoms with E-state index in [2.05, 4.69) is 40.6 Å². The molecule has 7 heteroatoms. The van der Waals surface area contributed by atoms with Gasteiger partial charge in [0.2, 0.25) is 5.91 Å². The minimum absolute atomic E-state index is 0.103. The third kappa shape index (κ3) is 3.79. The second kappa shape index (κ2) is 6.82. The van der Waals surface area contributed by atoms with Gasteiger partial charge in [0.05, 0.1) is 27.2 Å². The van der Waals surface area contributed by atoms with E-state index in [0.29, 0.717) is 23.9 Å². The van der Waals surface area contributed by atoms with Crippen molar-refractivity contribution in [3.8, 4) is 0 Å². The van der Waals surface area contributed by atoms with Crippen molar-refractivity contribution >= 4 is 52.5 Å². The SMILES string of the molecule is CC(=O)n1c(COCC[Si](C)(C)C)c(Br)c2c(Cl)ccnc21. The first-order chi connectivity index (χ1) is 10.2. The van der Waals surface area contributed by atoms with Gasteiger partial charge < -0.3 is 4.74 Å². The summed E-state index contributed by atoms with van der Waals surface area (Å²) in [7, 11) is -1.13. The number of aromatic nitrogens is 2. The predicted octanol–water partition coefficient (Wildman–Crippen LogP) is 4.97. The lowest BCUT2D eigenvalue weighted by Gasteiger charge is -2.15. The number of hydrogen-bond donors (Lipinski definition) is 0. The standard InChI is InChI=1S/C15H20BrClN2O2Si/c1-10(20)19-12(9-21-7-8-22(2,3)4)14(16)13-11(17)5-6-18-15(13)19/h5-6H,7-9H2,1-4H3. The molecule has 2 aromatic rings. The number of fused-ring (bicyclic) bond motifs is 1. The minimum Gasteiger partial charge on any atom is -0.375 e. The van der Waals surface area contributed by atoms with Crippen LogP contribution < -0.4 is 0 Å². The molecule has 2 rings (SSSR count). The van der Waals surface area contributed by atoms with Crippen LogP contribution in [0.5, 0.6) is 0 Å². The average molecular weight is 404 g/mol. The number of carbonyl (C=O) groups is 1. The van der Waals surface area contributed by atoms with Gasteiger partial charge in [-0.05, 0) is 28.0 Å². The molecule has 0 aliphatic carbocycles. The molecule has 0 aromatic carbocycles. The highest BCUT2D eigenvalue weighted by Gasteiger charge is 2.21. The Hall–Kier alpha value is -0.693. The Morgan fingerprint density at radius 3 is 2.73 bits per heavy atom. The summed E-state index contributed by atoms with van der Waals surface area (Å²) >= 11 is 9.79. The van der Waals surface area contributed by atoms with E-state index in [9.17, 15) is 4.79 Å². The zero-order chi connectivity index (χ0) is 16.5. The van der Waals surface area contributed by atoms with Crippen molar-refractivity contribution in [1.82, 2.24) is 9.55 Å². The van der Waals surface area contributed by atoms with Crippen molar-refractivity contribution in [2.75, 3.05) is 6.61 Å². The lowest BCUT2D eigenvalue weighted by Crippen LogP contribution is -2.22. The molecule has 0 saturated carbocycles. The van der Waals surface area contributed by atoms with Crippen molar-refractivity contribution in [3.63, 3.8) is 0 Å². The van der Waals surface area contributed by atoms with Crippen LogP contribution in [-0.4, -0.2) is 30.1 Å². The molecule has 0 aliphatic rings. The fraction of sp³-hybridized carbons (Fsp3) is 0.467. The number of ether oxygens (including phenoxy) is 1. The summed E-state index contributed by atoms with van der Waals surface area (Å²) < 4.78 is 8.15. The molecular formula is C15H20BrClN2O2Si. The number of pyridine rings is 1. The maximum atomic E-state index is 12.0. The van der Waals surface area contributed by atoms with Gasteiger partial charge in [-0.25, -0.2) is 4.98 Å². The lowest BCUT2D eigenvalue weighted by atomic mass is 10.3. The monoisotopic (exact) mass is 402 g/mol. The molecule has 0 fully saturated rings. The van der Waals surface area contributed by atoms with Gasteiger partial charge in [0.25, 0.3) is 0 Å². The van der Waals surface area contributed by atoms with Crippen molar-refractivity contribution in [2.24, 2.45) is 0 Å². The molecule has 2 aromatic heterocycles. The molecule has 0 spiro atoms. The summed E-state index contributed by atoms with van der Waals surface area (Å²) in [5.74, 6) is -0.103. The van der Waals surface area contributed by atoms with Crippen molar-refractivity contribution < 1.29 is 9.53 Å². The number of rotatable bonds is 5.